The first kappa shape index (κ1) is 51.9. The van der Waals surface area contributed by atoms with Crippen molar-refractivity contribution in [1.82, 2.24) is 29.9 Å². The SMILES string of the molecule is CCOC(=O)CCC(=O)CC(=O)OCC.CCOC(=O)CCc1cc(=O)oc2[nH]c(=O)[nH]c(=O)c12.CCOC(=O)CCc1cc(=O)oc2[nH]c(=O)[nH]c(=O)c12.O=c1cc(O)[nH]c(=O)[nH]1. The second-order valence-corrected chi connectivity index (χ2v) is 12.3. The fourth-order valence-electron chi connectivity index (χ4n) is 5.08. The molecule has 5 rings (SSSR count). The second kappa shape index (κ2) is 26.2. The van der Waals surface area contributed by atoms with E-state index in [4.69, 9.17) is 23.4 Å². The standard InChI is InChI=1S/2C12H12N2O6.C10H16O5.C4H4N2O3/c2*1-2-19-7(15)4-3-6-5-8(16)20-11-9(6)10(17)13-12(18)14-11;1-3-14-9(12)6-5-8(11)7-10(13)15-4-2;7-2-1-3(8)6-4(9)5-2/h2*5H,2-4H2,1H3,(H2,13,14,17,18);3-7H2,1-2H3;1H,(H3,5,6,7,8,9). The number of aryl methyl sites for hydroxylation is 2. The van der Waals surface area contributed by atoms with Crippen LogP contribution in [0, 0.1) is 0 Å². The first-order valence-electron chi connectivity index (χ1n) is 19.1. The Morgan fingerprint density at radius 1 is 0.500 bits per heavy atom. The topological polar surface area (TPSA) is 400 Å². The van der Waals surface area contributed by atoms with E-state index in [2.05, 4.69) is 19.4 Å². The molecule has 0 unspecified atom stereocenters. The van der Waals surface area contributed by atoms with Gasteiger partial charge in [0.05, 0.1) is 38.9 Å². The maximum atomic E-state index is 11.7. The van der Waals surface area contributed by atoms with Gasteiger partial charge in [0.15, 0.2) is 5.88 Å². The van der Waals surface area contributed by atoms with Crippen LogP contribution in [0.15, 0.2) is 65.4 Å². The van der Waals surface area contributed by atoms with Gasteiger partial charge in [-0.1, -0.05) is 0 Å². The summed E-state index contributed by atoms with van der Waals surface area (Å²) in [6, 6.07) is 3.12. The summed E-state index contributed by atoms with van der Waals surface area (Å²) in [4.78, 5) is 157. The molecule has 26 nitrogen and oxygen atoms in total. The molecule has 0 aliphatic rings. The maximum Gasteiger partial charge on any atom is 0.337 e. The third kappa shape index (κ3) is 18.2. The van der Waals surface area contributed by atoms with Crippen molar-refractivity contribution in [3.63, 3.8) is 0 Å². The van der Waals surface area contributed by atoms with Crippen LogP contribution in [-0.4, -0.2) is 91.1 Å². The van der Waals surface area contributed by atoms with E-state index in [-0.39, 0.29) is 92.7 Å². The third-order valence-corrected chi connectivity index (χ3v) is 7.56. The van der Waals surface area contributed by atoms with Gasteiger partial charge in [-0.2, -0.15) is 0 Å². The largest absolute Gasteiger partial charge is 0.494 e. The van der Waals surface area contributed by atoms with Crippen LogP contribution in [0.1, 0.15) is 70.9 Å². The van der Waals surface area contributed by atoms with Gasteiger partial charge in [0, 0.05) is 31.4 Å². The van der Waals surface area contributed by atoms with E-state index in [1.54, 1.807) is 27.7 Å². The molecule has 0 aliphatic heterocycles. The number of carbonyl (C=O) groups excluding carboxylic acids is 5. The Morgan fingerprint density at radius 3 is 1.28 bits per heavy atom. The van der Waals surface area contributed by atoms with E-state index in [0.717, 1.165) is 18.2 Å². The summed E-state index contributed by atoms with van der Waals surface area (Å²) in [7, 11) is 0. The number of ether oxygens (including phenoxy) is 4. The molecule has 0 amide bonds. The van der Waals surface area contributed by atoms with Gasteiger partial charge in [-0.15, -0.1) is 0 Å². The van der Waals surface area contributed by atoms with E-state index in [1.807, 2.05) is 19.9 Å². The molecule has 0 fully saturated rings. The molecule has 0 radical (unpaired) electrons. The van der Waals surface area contributed by atoms with Crippen molar-refractivity contribution in [1.29, 1.82) is 0 Å². The first-order valence-corrected chi connectivity index (χ1v) is 19.1. The van der Waals surface area contributed by atoms with Crippen LogP contribution >= 0.6 is 0 Å². The van der Waals surface area contributed by atoms with Crippen LogP contribution in [0.3, 0.4) is 0 Å². The van der Waals surface area contributed by atoms with Gasteiger partial charge < -0.3 is 32.9 Å². The number of aromatic nitrogens is 6. The van der Waals surface area contributed by atoms with Crippen molar-refractivity contribution < 1.29 is 56.9 Å². The lowest BCUT2D eigenvalue weighted by molar-refractivity contribution is -0.148. The van der Waals surface area contributed by atoms with Gasteiger partial charge in [0.1, 0.15) is 23.0 Å². The van der Waals surface area contributed by atoms with Crippen LogP contribution in [0.5, 0.6) is 5.88 Å². The Kier molecular flexibility index (Phi) is 21.3. The van der Waals surface area contributed by atoms with Gasteiger partial charge >= 0.3 is 52.2 Å². The number of esters is 4. The molecule has 0 spiro atoms. The number of aromatic amines is 6. The number of H-pyrrole nitrogens is 6. The van der Waals surface area contributed by atoms with Crippen molar-refractivity contribution in [2.45, 2.75) is 72.6 Å². The Labute approximate surface area is 356 Å². The van der Waals surface area contributed by atoms with Crippen molar-refractivity contribution >= 4 is 51.9 Å². The number of nitrogens with one attached hydrogen (secondary N) is 6. The Bertz CT molecular complexity index is 2730. The molecule has 5 aromatic heterocycles. The zero-order chi connectivity index (χ0) is 47.9. The van der Waals surface area contributed by atoms with E-state index >= 15 is 0 Å². The van der Waals surface area contributed by atoms with E-state index in [9.17, 15) is 62.3 Å². The molecule has 346 valence electrons. The number of fused-ring (bicyclic) bond motifs is 2. The van der Waals surface area contributed by atoms with Crippen molar-refractivity contribution in [2.75, 3.05) is 26.4 Å². The predicted molar refractivity (Wildman–Crippen MR) is 219 cm³/mol. The van der Waals surface area contributed by atoms with Crippen LogP contribution in [-0.2, 0) is 55.8 Å². The molecule has 0 aliphatic carbocycles. The summed E-state index contributed by atoms with van der Waals surface area (Å²) in [5, 5.41) is 8.62. The summed E-state index contributed by atoms with van der Waals surface area (Å²) in [5.41, 5.74) is -5.40. The minimum Gasteiger partial charge on any atom is -0.494 e. The zero-order valence-corrected chi connectivity index (χ0v) is 34.7. The minimum absolute atomic E-state index is 0.0188. The molecule has 26 heteroatoms. The molecule has 0 bridgehead atoms. The van der Waals surface area contributed by atoms with E-state index in [1.165, 1.54) is 0 Å². The van der Waals surface area contributed by atoms with Crippen molar-refractivity contribution in [3.05, 3.63) is 113 Å². The number of carbonyl (C=O) groups is 5. The van der Waals surface area contributed by atoms with E-state index in [0.29, 0.717) is 17.7 Å². The Balaban J connectivity index is 0.000000304. The lowest BCUT2D eigenvalue weighted by Gasteiger charge is -2.04. The highest BCUT2D eigenvalue weighted by molar-refractivity contribution is 5.96. The van der Waals surface area contributed by atoms with Gasteiger partial charge in [-0.25, -0.2) is 24.0 Å². The zero-order valence-electron chi connectivity index (χ0n) is 34.7. The molecule has 0 saturated carbocycles. The molecule has 7 N–H and O–H groups in total. The van der Waals surface area contributed by atoms with E-state index < -0.39 is 74.8 Å². The quantitative estimate of drug-likeness (QED) is 0.0374. The summed E-state index contributed by atoms with van der Waals surface area (Å²) >= 11 is 0. The van der Waals surface area contributed by atoms with Crippen LogP contribution in [0.25, 0.3) is 22.2 Å². The number of rotatable bonds is 15. The van der Waals surface area contributed by atoms with Crippen LogP contribution in [0.4, 0.5) is 0 Å². The van der Waals surface area contributed by atoms with Crippen molar-refractivity contribution in [3.8, 4) is 5.88 Å². The Morgan fingerprint density at radius 2 is 0.891 bits per heavy atom. The fourth-order valence-corrected chi connectivity index (χ4v) is 5.08. The lowest BCUT2D eigenvalue weighted by Crippen LogP contribution is -2.24. The summed E-state index contributed by atoms with van der Waals surface area (Å²) in [6.07, 6.45) is 0.0823. The number of Topliss-reactive ketones (excluding diaryl/α,β-unsaturated/α-hetero) is 1. The van der Waals surface area contributed by atoms with Gasteiger partial charge in [0.2, 0.25) is 11.4 Å². The average molecular weight is 905 g/mol. The molecule has 0 aromatic carbocycles. The second-order valence-electron chi connectivity index (χ2n) is 12.3. The molecule has 0 atom stereocenters. The first-order chi connectivity index (χ1) is 30.3. The van der Waals surface area contributed by atoms with Crippen molar-refractivity contribution in [2.24, 2.45) is 0 Å². The highest BCUT2D eigenvalue weighted by Crippen LogP contribution is 2.12. The number of hydrogen-bond donors (Lipinski definition) is 7. The van der Waals surface area contributed by atoms with Gasteiger partial charge in [0.25, 0.3) is 16.7 Å². The smallest absolute Gasteiger partial charge is 0.337 e. The molecule has 0 saturated heterocycles. The lowest BCUT2D eigenvalue weighted by atomic mass is 10.1. The van der Waals surface area contributed by atoms with Gasteiger partial charge in [-0.3, -0.25) is 68.3 Å². The molecular weight excluding hydrogens is 860 g/mol. The number of ketones is 1. The fraction of sp³-hybridized carbons (Fsp3) is 0.395. The van der Waals surface area contributed by atoms with Gasteiger partial charge in [-0.05, 0) is 51.7 Å². The third-order valence-electron chi connectivity index (χ3n) is 7.56. The highest BCUT2D eigenvalue weighted by Gasteiger charge is 2.15. The average Bonchev–Trinajstić information content (AvgIpc) is 3.18. The number of aromatic hydroxyl groups is 1. The normalized spacial score (nSPS) is 10.2. The molecular formula is C38H44N6O20. The summed E-state index contributed by atoms with van der Waals surface area (Å²) in [5.74, 6) is -2.57. The maximum absolute atomic E-state index is 11.7. The number of hydrogen-bond acceptors (Lipinski definition) is 20. The van der Waals surface area contributed by atoms with Crippen LogP contribution < -0.4 is 45.0 Å². The molecule has 5 heterocycles. The van der Waals surface area contributed by atoms with Crippen LogP contribution in [0.2, 0.25) is 0 Å². The minimum atomic E-state index is -0.770. The molecule has 64 heavy (non-hydrogen) atoms. The highest BCUT2D eigenvalue weighted by atomic mass is 16.5. The predicted octanol–water partition coefficient (Wildman–Crippen LogP) is -1.05. The monoisotopic (exact) mass is 904 g/mol. The summed E-state index contributed by atoms with van der Waals surface area (Å²) in [6.45, 7) is 7.78. The molecule has 5 aromatic rings. The summed E-state index contributed by atoms with van der Waals surface area (Å²) < 4.78 is 28.3. The Hall–Kier alpha value is -8.19.